The molecule has 0 amide bonds. The normalized spacial score (nSPS) is 11.4. The first-order valence-electron chi connectivity index (χ1n) is 5.95. The Morgan fingerprint density at radius 2 is 1.67 bits per heavy atom. The second-order valence-electron chi connectivity index (χ2n) is 4.46. The summed E-state index contributed by atoms with van der Waals surface area (Å²) < 4.78 is 52.2. The fraction of sp³-hybridized carbons (Fsp3) is 0.133. The van der Waals surface area contributed by atoms with Crippen LogP contribution in [0.15, 0.2) is 42.5 Å². The largest absolute Gasteiger partial charge is 0.481 e. The Bertz CT molecular complexity index is 660. The smallest absolute Gasteiger partial charge is 0.417 e. The lowest BCUT2D eigenvalue weighted by molar-refractivity contribution is -0.138. The van der Waals surface area contributed by atoms with E-state index in [9.17, 15) is 22.4 Å². The maximum atomic E-state index is 13.1. The van der Waals surface area contributed by atoms with E-state index in [4.69, 9.17) is 5.11 Å². The van der Waals surface area contributed by atoms with Crippen LogP contribution in [0, 0.1) is 5.82 Å². The molecule has 0 aromatic heterocycles. The molecule has 0 saturated carbocycles. The zero-order chi connectivity index (χ0) is 15.6. The molecular formula is C15H10F4O2. The van der Waals surface area contributed by atoms with Crippen molar-refractivity contribution >= 4 is 5.97 Å². The van der Waals surface area contributed by atoms with Crippen molar-refractivity contribution in [2.45, 2.75) is 12.6 Å². The van der Waals surface area contributed by atoms with Gasteiger partial charge in [0.2, 0.25) is 0 Å². The van der Waals surface area contributed by atoms with E-state index in [1.807, 2.05) is 0 Å². The van der Waals surface area contributed by atoms with Gasteiger partial charge in [0.1, 0.15) is 5.82 Å². The lowest BCUT2D eigenvalue weighted by Gasteiger charge is -2.14. The molecule has 0 fully saturated rings. The van der Waals surface area contributed by atoms with Crippen LogP contribution in [0.2, 0.25) is 0 Å². The molecule has 0 spiro atoms. The van der Waals surface area contributed by atoms with Crippen LogP contribution in [0.4, 0.5) is 17.6 Å². The molecule has 2 aromatic rings. The average Bonchev–Trinajstić information content (AvgIpc) is 2.38. The first-order chi connectivity index (χ1) is 9.77. The molecule has 0 bridgehead atoms. The van der Waals surface area contributed by atoms with E-state index < -0.39 is 29.9 Å². The first-order valence-corrected chi connectivity index (χ1v) is 5.95. The standard InChI is InChI=1S/C15H10F4O2/c16-11-4-2-10(3-5-11)12-6-1-9(8-14(20)21)7-13(12)15(17,18)19/h1-7H,8H2,(H,20,21). The van der Waals surface area contributed by atoms with Gasteiger partial charge in [0, 0.05) is 0 Å². The highest BCUT2D eigenvalue weighted by atomic mass is 19.4. The predicted octanol–water partition coefficient (Wildman–Crippen LogP) is 4.14. The molecule has 0 aliphatic heterocycles. The van der Waals surface area contributed by atoms with Crippen molar-refractivity contribution in [3.8, 4) is 11.1 Å². The van der Waals surface area contributed by atoms with Crippen molar-refractivity contribution in [2.75, 3.05) is 0 Å². The van der Waals surface area contributed by atoms with Gasteiger partial charge < -0.3 is 5.11 Å². The van der Waals surface area contributed by atoms with Crippen molar-refractivity contribution < 1.29 is 27.5 Å². The topological polar surface area (TPSA) is 37.3 Å². The van der Waals surface area contributed by atoms with Crippen molar-refractivity contribution in [3.63, 3.8) is 0 Å². The highest BCUT2D eigenvalue weighted by Crippen LogP contribution is 2.37. The number of benzene rings is 2. The Morgan fingerprint density at radius 3 is 2.19 bits per heavy atom. The summed E-state index contributed by atoms with van der Waals surface area (Å²) in [6.45, 7) is 0. The predicted molar refractivity (Wildman–Crippen MR) is 68.2 cm³/mol. The number of hydrogen-bond donors (Lipinski definition) is 1. The van der Waals surface area contributed by atoms with E-state index in [1.54, 1.807) is 0 Å². The average molecular weight is 298 g/mol. The molecule has 0 heterocycles. The highest BCUT2D eigenvalue weighted by Gasteiger charge is 2.34. The molecule has 2 rings (SSSR count). The van der Waals surface area contributed by atoms with Crippen LogP contribution < -0.4 is 0 Å². The van der Waals surface area contributed by atoms with Gasteiger partial charge in [-0.2, -0.15) is 13.2 Å². The van der Waals surface area contributed by atoms with E-state index in [2.05, 4.69) is 0 Å². The Morgan fingerprint density at radius 1 is 1.05 bits per heavy atom. The van der Waals surface area contributed by atoms with Crippen molar-refractivity contribution in [2.24, 2.45) is 0 Å². The maximum absolute atomic E-state index is 13.1. The number of hydrogen-bond acceptors (Lipinski definition) is 1. The number of carboxylic acids is 1. The third-order valence-electron chi connectivity index (χ3n) is 2.90. The zero-order valence-corrected chi connectivity index (χ0v) is 10.6. The molecule has 0 aliphatic rings. The lowest BCUT2D eigenvalue weighted by atomic mass is 9.96. The van der Waals surface area contributed by atoms with Crippen LogP contribution in [0.1, 0.15) is 11.1 Å². The molecule has 0 radical (unpaired) electrons. The molecule has 6 heteroatoms. The molecule has 0 unspecified atom stereocenters. The quantitative estimate of drug-likeness (QED) is 0.865. The molecule has 1 N–H and O–H groups in total. The Labute approximate surface area is 117 Å². The number of rotatable bonds is 3. The summed E-state index contributed by atoms with van der Waals surface area (Å²) >= 11 is 0. The fourth-order valence-corrected chi connectivity index (χ4v) is 1.99. The minimum absolute atomic E-state index is 0.0562. The third-order valence-corrected chi connectivity index (χ3v) is 2.90. The van der Waals surface area contributed by atoms with Gasteiger partial charge in [0.25, 0.3) is 0 Å². The van der Waals surface area contributed by atoms with Gasteiger partial charge >= 0.3 is 12.1 Å². The van der Waals surface area contributed by atoms with E-state index in [0.29, 0.717) is 0 Å². The van der Waals surface area contributed by atoms with Crippen molar-refractivity contribution in [3.05, 3.63) is 59.4 Å². The molecule has 110 valence electrons. The summed E-state index contributed by atoms with van der Waals surface area (Å²) in [6, 6.07) is 7.97. The van der Waals surface area contributed by atoms with Gasteiger partial charge in [-0.15, -0.1) is 0 Å². The summed E-state index contributed by atoms with van der Waals surface area (Å²) in [6.07, 6.45) is -5.12. The van der Waals surface area contributed by atoms with E-state index in [1.165, 1.54) is 24.3 Å². The van der Waals surface area contributed by atoms with Gasteiger partial charge in [-0.3, -0.25) is 4.79 Å². The van der Waals surface area contributed by atoms with Crippen LogP contribution in [0.25, 0.3) is 11.1 Å². The minimum Gasteiger partial charge on any atom is -0.481 e. The highest BCUT2D eigenvalue weighted by molar-refractivity contribution is 5.73. The molecule has 0 atom stereocenters. The monoisotopic (exact) mass is 298 g/mol. The van der Waals surface area contributed by atoms with Crippen LogP contribution in [-0.2, 0) is 17.4 Å². The maximum Gasteiger partial charge on any atom is 0.417 e. The van der Waals surface area contributed by atoms with Gasteiger partial charge in [-0.25, -0.2) is 4.39 Å². The van der Waals surface area contributed by atoms with Gasteiger partial charge in [-0.05, 0) is 34.9 Å². The van der Waals surface area contributed by atoms with Crippen molar-refractivity contribution in [1.82, 2.24) is 0 Å². The summed E-state index contributed by atoms with van der Waals surface area (Å²) in [5, 5.41) is 8.65. The summed E-state index contributed by atoms with van der Waals surface area (Å²) in [5.74, 6) is -1.76. The van der Waals surface area contributed by atoms with Gasteiger partial charge in [0.15, 0.2) is 0 Å². The number of carbonyl (C=O) groups is 1. The Hall–Kier alpha value is -2.37. The Balaban J connectivity index is 2.55. The number of aliphatic carboxylic acids is 1. The molecule has 0 saturated heterocycles. The van der Waals surface area contributed by atoms with Crippen LogP contribution in [0.5, 0.6) is 0 Å². The van der Waals surface area contributed by atoms with Crippen molar-refractivity contribution in [1.29, 1.82) is 0 Å². The van der Waals surface area contributed by atoms with E-state index in [-0.39, 0.29) is 16.7 Å². The number of halogens is 4. The molecule has 21 heavy (non-hydrogen) atoms. The lowest BCUT2D eigenvalue weighted by Crippen LogP contribution is -2.09. The fourth-order valence-electron chi connectivity index (χ4n) is 1.99. The zero-order valence-electron chi connectivity index (χ0n) is 10.6. The SMILES string of the molecule is O=C(O)Cc1ccc(-c2ccc(F)cc2)c(C(F)(F)F)c1. The van der Waals surface area contributed by atoms with E-state index >= 15 is 0 Å². The van der Waals surface area contributed by atoms with Crippen LogP contribution >= 0.6 is 0 Å². The summed E-state index contributed by atoms with van der Waals surface area (Å²) in [4.78, 5) is 10.6. The minimum atomic E-state index is -4.63. The van der Waals surface area contributed by atoms with Gasteiger partial charge in [-0.1, -0.05) is 24.3 Å². The molecule has 0 aliphatic carbocycles. The summed E-state index contributed by atoms with van der Waals surface area (Å²) in [7, 11) is 0. The second kappa shape index (κ2) is 5.55. The number of carboxylic acid groups (broad SMARTS) is 1. The summed E-state index contributed by atoms with van der Waals surface area (Å²) in [5.41, 5.74) is -0.782. The van der Waals surface area contributed by atoms with Gasteiger partial charge in [0.05, 0.1) is 12.0 Å². The second-order valence-corrected chi connectivity index (χ2v) is 4.46. The molecule has 2 aromatic carbocycles. The van der Waals surface area contributed by atoms with Crippen LogP contribution in [-0.4, -0.2) is 11.1 Å². The third kappa shape index (κ3) is 3.59. The molecular weight excluding hydrogens is 288 g/mol. The molecule has 2 nitrogen and oxygen atoms in total. The first kappa shape index (κ1) is 15.0. The van der Waals surface area contributed by atoms with Crippen LogP contribution in [0.3, 0.4) is 0 Å². The Kier molecular flexibility index (Phi) is 3.97. The van der Waals surface area contributed by atoms with E-state index in [0.717, 1.165) is 18.2 Å². The number of alkyl halides is 3.